The summed E-state index contributed by atoms with van der Waals surface area (Å²) in [6, 6.07) is 3.44. The first-order valence-electron chi connectivity index (χ1n) is 8.88. The van der Waals surface area contributed by atoms with Crippen LogP contribution in [-0.2, 0) is 22.5 Å². The third kappa shape index (κ3) is 4.27. The minimum Gasteiger partial charge on any atom is -0.480 e. The quantitative estimate of drug-likeness (QED) is 0.435. The Morgan fingerprint density at radius 3 is 2.79 bits per heavy atom. The number of nitrogens with two attached hydrogens (primary N) is 1. The molecule has 28 heavy (non-hydrogen) atoms. The summed E-state index contributed by atoms with van der Waals surface area (Å²) in [6.07, 6.45) is 3.57. The zero-order valence-corrected chi connectivity index (χ0v) is 15.8. The second-order valence-corrected chi connectivity index (χ2v) is 6.17. The van der Waals surface area contributed by atoms with Gasteiger partial charge in [0, 0.05) is 6.20 Å². The van der Waals surface area contributed by atoms with Crippen LogP contribution >= 0.6 is 0 Å². The van der Waals surface area contributed by atoms with Crippen LogP contribution in [0.5, 0.6) is 12.0 Å². The van der Waals surface area contributed by atoms with Gasteiger partial charge in [-0.05, 0) is 18.1 Å². The SMILES string of the molecule is CCCCOc1nc(N)c2nc(O)n(Cc3ccc(CC(=O)OC)nc3)c2n1. The van der Waals surface area contributed by atoms with Crippen molar-refractivity contribution in [2.75, 3.05) is 19.5 Å². The predicted octanol–water partition coefficient (Wildman–Crippen LogP) is 1.45. The van der Waals surface area contributed by atoms with Crippen molar-refractivity contribution in [3.63, 3.8) is 0 Å². The molecule has 3 aromatic heterocycles. The second-order valence-electron chi connectivity index (χ2n) is 6.17. The van der Waals surface area contributed by atoms with Gasteiger partial charge < -0.3 is 20.3 Å². The van der Waals surface area contributed by atoms with Crippen molar-refractivity contribution in [1.82, 2.24) is 24.5 Å². The topological polar surface area (TPSA) is 138 Å². The van der Waals surface area contributed by atoms with E-state index in [0.29, 0.717) is 23.5 Å². The number of ether oxygens (including phenoxy) is 2. The molecule has 0 radical (unpaired) electrons. The number of esters is 1. The maximum atomic E-state index is 11.3. The number of carbonyl (C=O) groups excluding carboxylic acids is 1. The third-order valence-corrected chi connectivity index (χ3v) is 4.09. The van der Waals surface area contributed by atoms with Gasteiger partial charge in [0.25, 0.3) is 6.01 Å². The van der Waals surface area contributed by atoms with Crippen molar-refractivity contribution in [3.05, 3.63) is 29.6 Å². The lowest BCUT2D eigenvalue weighted by molar-refractivity contribution is -0.139. The van der Waals surface area contributed by atoms with Gasteiger partial charge in [0.2, 0.25) is 0 Å². The third-order valence-electron chi connectivity index (χ3n) is 4.09. The van der Waals surface area contributed by atoms with Crippen LogP contribution in [0.25, 0.3) is 11.2 Å². The summed E-state index contributed by atoms with van der Waals surface area (Å²) in [5.74, 6) is -0.224. The fraction of sp³-hybridized carbons (Fsp3) is 0.389. The van der Waals surface area contributed by atoms with Gasteiger partial charge in [0.1, 0.15) is 0 Å². The normalized spacial score (nSPS) is 10.9. The molecule has 148 valence electrons. The van der Waals surface area contributed by atoms with Gasteiger partial charge >= 0.3 is 12.0 Å². The van der Waals surface area contributed by atoms with Crippen molar-refractivity contribution in [3.8, 4) is 12.0 Å². The average molecular weight is 386 g/mol. The number of unbranched alkanes of at least 4 members (excludes halogenated alkanes) is 1. The molecular formula is C18H22N6O4. The molecule has 0 aliphatic heterocycles. The van der Waals surface area contributed by atoms with Crippen molar-refractivity contribution in [2.24, 2.45) is 0 Å². The van der Waals surface area contributed by atoms with E-state index in [4.69, 9.17) is 10.5 Å². The minimum absolute atomic E-state index is 0.0955. The van der Waals surface area contributed by atoms with Crippen molar-refractivity contribution in [2.45, 2.75) is 32.7 Å². The lowest BCUT2D eigenvalue weighted by Crippen LogP contribution is -2.07. The summed E-state index contributed by atoms with van der Waals surface area (Å²) in [5.41, 5.74) is 7.99. The number of imidazole rings is 1. The Morgan fingerprint density at radius 2 is 2.11 bits per heavy atom. The van der Waals surface area contributed by atoms with Crippen molar-refractivity contribution in [1.29, 1.82) is 0 Å². The molecule has 0 unspecified atom stereocenters. The molecule has 0 spiro atoms. The predicted molar refractivity (Wildman–Crippen MR) is 101 cm³/mol. The number of nitrogen functional groups attached to an aromatic ring is 1. The largest absolute Gasteiger partial charge is 0.480 e. The number of rotatable bonds is 8. The number of aromatic nitrogens is 5. The molecule has 3 aromatic rings. The molecule has 3 N–H and O–H groups in total. The van der Waals surface area contributed by atoms with E-state index in [2.05, 4.69) is 31.6 Å². The molecular weight excluding hydrogens is 364 g/mol. The Bertz CT molecular complexity index is 970. The number of methoxy groups -OCH3 is 1. The average Bonchev–Trinajstić information content (AvgIpc) is 3.00. The Hall–Kier alpha value is -3.43. The van der Waals surface area contributed by atoms with Crippen molar-refractivity contribution >= 4 is 23.0 Å². The number of pyridine rings is 1. The van der Waals surface area contributed by atoms with Crippen LogP contribution in [0.4, 0.5) is 5.82 Å². The lowest BCUT2D eigenvalue weighted by atomic mass is 10.2. The molecule has 0 fully saturated rings. The standard InChI is InChI=1S/C18H22N6O4/c1-3-4-7-28-17-22-15(19)14-16(23-17)24(18(26)21-14)10-11-5-6-12(20-9-11)8-13(25)27-2/h5-6,9H,3-4,7-8,10H2,1-2H3,(H,21,26)(H2,19,22,23). The smallest absolute Gasteiger partial charge is 0.320 e. The molecule has 0 amide bonds. The van der Waals surface area contributed by atoms with Gasteiger partial charge in [0.05, 0.1) is 32.4 Å². The maximum absolute atomic E-state index is 11.3. The number of anilines is 1. The zero-order valence-electron chi connectivity index (χ0n) is 15.8. The van der Waals surface area contributed by atoms with E-state index in [-0.39, 0.29) is 36.8 Å². The van der Waals surface area contributed by atoms with E-state index in [1.165, 1.54) is 11.7 Å². The highest BCUT2D eigenvalue weighted by Gasteiger charge is 2.17. The van der Waals surface area contributed by atoms with Gasteiger partial charge in [-0.3, -0.25) is 14.3 Å². The van der Waals surface area contributed by atoms with E-state index in [1.54, 1.807) is 18.3 Å². The molecule has 3 rings (SSSR count). The number of hydrogen-bond donors (Lipinski definition) is 2. The van der Waals surface area contributed by atoms with Crippen molar-refractivity contribution < 1.29 is 19.4 Å². The first-order chi connectivity index (χ1) is 13.5. The molecule has 0 saturated carbocycles. The fourth-order valence-corrected chi connectivity index (χ4v) is 2.56. The van der Waals surface area contributed by atoms with Crippen LogP contribution in [-0.4, -0.2) is 49.3 Å². The molecule has 3 heterocycles. The Labute approximate surface area is 161 Å². The molecule has 0 atom stereocenters. The second kappa shape index (κ2) is 8.51. The molecule has 0 bridgehead atoms. The van der Waals surface area contributed by atoms with Crippen LogP contribution in [0.2, 0.25) is 0 Å². The lowest BCUT2D eigenvalue weighted by Gasteiger charge is -2.08. The Morgan fingerprint density at radius 1 is 1.29 bits per heavy atom. The van der Waals surface area contributed by atoms with E-state index in [9.17, 15) is 9.90 Å². The highest BCUT2D eigenvalue weighted by molar-refractivity contribution is 5.83. The van der Waals surface area contributed by atoms with Crippen LogP contribution < -0.4 is 10.5 Å². The highest BCUT2D eigenvalue weighted by atomic mass is 16.5. The summed E-state index contributed by atoms with van der Waals surface area (Å²) in [4.78, 5) is 28.0. The summed E-state index contributed by atoms with van der Waals surface area (Å²) < 4.78 is 11.7. The molecule has 0 aliphatic rings. The van der Waals surface area contributed by atoms with Crippen LogP contribution in [0, 0.1) is 0 Å². The first-order valence-corrected chi connectivity index (χ1v) is 8.88. The van der Waals surface area contributed by atoms with Gasteiger partial charge in [-0.15, -0.1) is 0 Å². The number of nitrogens with zero attached hydrogens (tertiary/aromatic N) is 5. The summed E-state index contributed by atoms with van der Waals surface area (Å²) >= 11 is 0. The Balaban J connectivity index is 1.85. The number of aromatic hydroxyl groups is 1. The van der Waals surface area contributed by atoms with Gasteiger partial charge in [0.15, 0.2) is 17.0 Å². The molecule has 10 nitrogen and oxygen atoms in total. The number of fused-ring (bicyclic) bond motifs is 1. The molecule has 0 aromatic carbocycles. The first kappa shape index (κ1) is 19.3. The van der Waals surface area contributed by atoms with E-state index in [1.807, 2.05) is 0 Å². The molecule has 0 aliphatic carbocycles. The summed E-state index contributed by atoms with van der Waals surface area (Å²) in [7, 11) is 1.33. The van der Waals surface area contributed by atoms with E-state index in [0.717, 1.165) is 18.4 Å². The van der Waals surface area contributed by atoms with Crippen LogP contribution in [0.1, 0.15) is 31.0 Å². The van der Waals surface area contributed by atoms with Gasteiger partial charge in [-0.2, -0.15) is 15.0 Å². The number of hydrogen-bond acceptors (Lipinski definition) is 9. The monoisotopic (exact) mass is 386 g/mol. The Kier molecular flexibility index (Phi) is 5.87. The maximum Gasteiger partial charge on any atom is 0.320 e. The van der Waals surface area contributed by atoms with E-state index < -0.39 is 0 Å². The fourth-order valence-electron chi connectivity index (χ4n) is 2.56. The minimum atomic E-state index is -0.360. The summed E-state index contributed by atoms with van der Waals surface area (Å²) in [6.45, 7) is 2.80. The molecule has 0 saturated heterocycles. The van der Waals surface area contributed by atoms with E-state index >= 15 is 0 Å². The number of carbonyl (C=O) groups is 1. The summed E-state index contributed by atoms with van der Waals surface area (Å²) in [5, 5.41) is 10.2. The molecule has 10 heteroatoms. The highest BCUT2D eigenvalue weighted by Crippen LogP contribution is 2.25. The van der Waals surface area contributed by atoms with Crippen LogP contribution in [0.3, 0.4) is 0 Å². The zero-order chi connectivity index (χ0) is 20.1. The van der Waals surface area contributed by atoms with Gasteiger partial charge in [-0.1, -0.05) is 19.4 Å². The van der Waals surface area contributed by atoms with Crippen LogP contribution in [0.15, 0.2) is 18.3 Å². The van der Waals surface area contributed by atoms with Gasteiger partial charge in [-0.25, -0.2) is 0 Å².